The van der Waals surface area contributed by atoms with E-state index in [-0.39, 0.29) is 0 Å². The molecule has 2 aliphatic rings. The number of hydrogen-bond donors (Lipinski definition) is 1. The van der Waals surface area contributed by atoms with E-state index >= 15 is 0 Å². The van der Waals surface area contributed by atoms with E-state index in [1.807, 2.05) is 12.1 Å². The number of hydrogen-bond acceptors (Lipinski definition) is 4. The molecule has 7 rings (SSSR count). The van der Waals surface area contributed by atoms with Gasteiger partial charge in [-0.3, -0.25) is 24.5 Å². The molecule has 0 atom stereocenters. The third-order valence-electron chi connectivity index (χ3n) is 6.46. The van der Waals surface area contributed by atoms with E-state index in [2.05, 4.69) is 0 Å². The zero-order valence-electron chi connectivity index (χ0n) is 16.7. The zero-order valence-corrected chi connectivity index (χ0v) is 15.7. The molecule has 2 aliphatic heterocycles. The Balaban J connectivity index is 1.77. The third-order valence-corrected chi connectivity index (χ3v) is 6.46. The Bertz CT molecular complexity index is 1540. The van der Waals surface area contributed by atoms with E-state index in [0.717, 1.165) is 32.3 Å². The maximum atomic E-state index is 12.7. The van der Waals surface area contributed by atoms with Gasteiger partial charge in [0.05, 0.1) is 0 Å². The highest BCUT2D eigenvalue weighted by atomic mass is 16.2. The van der Waals surface area contributed by atoms with Crippen LogP contribution in [0.2, 0.25) is 1.41 Å². The van der Waals surface area contributed by atoms with Gasteiger partial charge in [-0.1, -0.05) is 24.3 Å². The van der Waals surface area contributed by atoms with Gasteiger partial charge in [-0.05, 0) is 56.6 Å². The summed E-state index contributed by atoms with van der Waals surface area (Å²) in [6, 6.07) is 13.8. The minimum absolute atomic E-state index is 0.299. The summed E-state index contributed by atoms with van der Waals surface area (Å²) in [6.45, 7) is 0. The number of benzene rings is 5. The zero-order chi connectivity index (χ0) is 22.0. The fraction of sp³-hybridized carbons (Fsp3) is 0. The van der Waals surface area contributed by atoms with E-state index in [0.29, 0.717) is 43.1 Å². The topological polar surface area (TPSA) is 83.6 Å². The molecular weight excluding hydrogens is 391 g/mol. The van der Waals surface area contributed by atoms with Gasteiger partial charge in [-0.15, -0.1) is 0 Å². The Hall–Kier alpha value is -4.26. The average Bonchev–Trinajstić information content (AvgIpc) is 2.82. The number of nitrogens with one attached hydrogen (secondary N) is 1. The van der Waals surface area contributed by atoms with Gasteiger partial charge in [0, 0.05) is 33.0 Å². The Morgan fingerprint density at radius 2 is 0.935 bits per heavy atom. The van der Waals surface area contributed by atoms with Gasteiger partial charge in [0.2, 0.25) is 19.8 Å². The van der Waals surface area contributed by atoms with Crippen molar-refractivity contribution in [3.8, 4) is 0 Å². The van der Waals surface area contributed by atoms with Gasteiger partial charge in [-0.2, -0.15) is 0 Å². The summed E-state index contributed by atoms with van der Waals surface area (Å²) in [4.78, 5) is 51.3. The van der Waals surface area contributed by atoms with Crippen molar-refractivity contribution in [2.24, 2.45) is 0 Å². The Kier molecular flexibility index (Phi) is 2.55. The SMILES string of the molecule is [2H]N1C(=O)c2ccc3c4ccc5c6c(ccc(c7ccc(c2c37)C1=O)c64)C(=O)N([B])C5=O. The van der Waals surface area contributed by atoms with Crippen LogP contribution in [0.5, 0.6) is 0 Å². The Labute approximate surface area is 176 Å². The average molecular weight is 401 g/mol. The van der Waals surface area contributed by atoms with Crippen LogP contribution in [0, 0.1) is 0 Å². The Morgan fingerprint density at radius 3 is 1.35 bits per heavy atom. The number of carbonyl (C=O) groups is 4. The molecule has 0 aromatic heterocycles. The lowest BCUT2D eigenvalue weighted by Gasteiger charge is -2.27. The molecule has 6 nitrogen and oxygen atoms in total. The highest BCUT2D eigenvalue weighted by molar-refractivity contribution is 6.43. The van der Waals surface area contributed by atoms with Crippen molar-refractivity contribution < 1.29 is 20.6 Å². The highest BCUT2D eigenvalue weighted by Gasteiger charge is 2.32. The van der Waals surface area contributed by atoms with Gasteiger partial charge in [-0.25, -0.2) is 0 Å². The predicted octanol–water partition coefficient (Wildman–Crippen LogP) is 3.30. The van der Waals surface area contributed by atoms with Crippen molar-refractivity contribution >= 4 is 74.7 Å². The monoisotopic (exact) mass is 401 g/mol. The van der Waals surface area contributed by atoms with Crippen LogP contribution in [0.1, 0.15) is 41.4 Å². The molecule has 7 heteroatoms. The van der Waals surface area contributed by atoms with Gasteiger partial charge >= 0.3 is 0 Å². The number of nitrogens with zero attached hydrogens (tertiary/aromatic N) is 1. The normalized spacial score (nSPS) is 16.5. The lowest BCUT2D eigenvalue weighted by atomic mass is 9.82. The number of carbonyl (C=O) groups excluding carboxylic acids is 4. The molecule has 5 aromatic carbocycles. The first-order valence-electron chi connectivity index (χ1n) is 10.1. The summed E-state index contributed by atoms with van der Waals surface area (Å²) in [5.74, 6) is -2.45. The van der Waals surface area contributed by atoms with Crippen molar-refractivity contribution in [1.29, 1.82) is 0 Å². The molecule has 31 heavy (non-hydrogen) atoms. The third kappa shape index (κ3) is 1.72. The van der Waals surface area contributed by atoms with Gasteiger partial charge in [0.25, 0.3) is 11.8 Å². The van der Waals surface area contributed by atoms with Crippen molar-refractivity contribution in [2.75, 3.05) is 0 Å². The summed E-state index contributed by atoms with van der Waals surface area (Å²) in [6.07, 6.45) is 0. The number of amides is 4. The van der Waals surface area contributed by atoms with Crippen molar-refractivity contribution in [3.05, 3.63) is 70.8 Å². The van der Waals surface area contributed by atoms with Gasteiger partial charge < -0.3 is 4.81 Å². The smallest absolute Gasteiger partial charge is 0.258 e. The molecular formula is C24H9BN2O4. The molecule has 4 amide bonds. The summed E-state index contributed by atoms with van der Waals surface area (Å²) in [5, 5.41) is 6.18. The first-order valence-corrected chi connectivity index (χ1v) is 9.61. The number of fused-ring (bicyclic) bond motifs is 2. The van der Waals surface area contributed by atoms with Crippen LogP contribution in [0.25, 0.3) is 43.1 Å². The summed E-state index contributed by atoms with van der Waals surface area (Å²) in [7, 11) is 5.72. The molecule has 0 unspecified atom stereocenters. The first kappa shape index (κ1) is 15.6. The molecule has 0 saturated heterocycles. The minimum atomic E-state index is -0.665. The lowest BCUT2D eigenvalue weighted by molar-refractivity contribution is 0.0724. The molecule has 0 bridgehead atoms. The summed E-state index contributed by atoms with van der Waals surface area (Å²) >= 11 is 0. The van der Waals surface area contributed by atoms with Crippen molar-refractivity contribution in [2.45, 2.75) is 0 Å². The molecule has 5 aromatic rings. The van der Waals surface area contributed by atoms with E-state index in [9.17, 15) is 19.2 Å². The molecule has 0 saturated carbocycles. The van der Waals surface area contributed by atoms with Crippen molar-refractivity contribution in [3.63, 3.8) is 0 Å². The largest absolute Gasteiger partial charge is 0.332 e. The Morgan fingerprint density at radius 1 is 0.581 bits per heavy atom. The van der Waals surface area contributed by atoms with E-state index in [1.165, 1.54) is 0 Å². The molecule has 0 spiro atoms. The number of rotatable bonds is 0. The van der Waals surface area contributed by atoms with Crippen LogP contribution in [-0.4, -0.2) is 36.4 Å². The fourth-order valence-electron chi connectivity index (χ4n) is 5.17. The van der Waals surface area contributed by atoms with Gasteiger partial charge in [0.1, 0.15) is 0 Å². The molecule has 2 radical (unpaired) electrons. The fourth-order valence-corrected chi connectivity index (χ4v) is 5.17. The van der Waals surface area contributed by atoms with Crippen LogP contribution in [0.4, 0.5) is 0 Å². The highest BCUT2D eigenvalue weighted by Crippen LogP contribution is 2.45. The van der Waals surface area contributed by atoms with Crippen LogP contribution in [0.15, 0.2) is 48.5 Å². The van der Waals surface area contributed by atoms with E-state index in [4.69, 9.17) is 9.39 Å². The second-order valence-electron chi connectivity index (χ2n) is 7.85. The van der Waals surface area contributed by atoms with Crippen LogP contribution >= 0.6 is 0 Å². The molecule has 142 valence electrons. The summed E-state index contributed by atoms with van der Waals surface area (Å²) in [5.41, 5.74) is 1.31. The molecule has 0 aliphatic carbocycles. The van der Waals surface area contributed by atoms with Crippen LogP contribution in [0.3, 0.4) is 0 Å². The summed E-state index contributed by atoms with van der Waals surface area (Å²) < 4.78 is 7.84. The lowest BCUT2D eigenvalue weighted by Crippen LogP contribution is -2.38. The van der Waals surface area contributed by atoms with Crippen LogP contribution in [-0.2, 0) is 0 Å². The van der Waals surface area contributed by atoms with Crippen molar-refractivity contribution in [1.82, 2.24) is 10.1 Å². The number of imide groups is 2. The maximum Gasteiger partial charge on any atom is 0.258 e. The van der Waals surface area contributed by atoms with E-state index < -0.39 is 23.6 Å². The maximum absolute atomic E-state index is 12.7. The second kappa shape index (κ2) is 5.07. The van der Waals surface area contributed by atoms with E-state index in [1.54, 1.807) is 36.4 Å². The van der Waals surface area contributed by atoms with Gasteiger partial charge in [0.15, 0.2) is 1.41 Å². The first-order chi connectivity index (χ1) is 15.4. The van der Waals surface area contributed by atoms with Crippen LogP contribution < -0.4 is 5.31 Å². The molecule has 0 fully saturated rings. The standard InChI is InChI=1S/C24H9BN2O4/c25-27-23(30)15-7-3-11-9-1-5-13-19-14(22(29)26-21(13)28)6-2-10(17(9)19)12-4-8-16(24(27)31)20(15)18(11)12/h1-8H,(H,26,28,29)/i/hD. The minimum Gasteiger partial charge on any atom is -0.332 e. The quantitative estimate of drug-likeness (QED) is 0.187. The predicted molar refractivity (Wildman–Crippen MR) is 116 cm³/mol. The second-order valence-corrected chi connectivity index (χ2v) is 7.85. The molecule has 1 N–H and O–H groups in total. The molecule has 2 heterocycles.